The molecule has 1 aromatic carbocycles. The Balaban J connectivity index is 1.75. The maximum atomic E-state index is 13.7. The van der Waals surface area contributed by atoms with Crippen LogP contribution in [-0.2, 0) is 22.6 Å². The SMILES string of the molecule is COCCNC(=O)[C@@]1(C)Cn2c(cc3ccsc32)C(=O)N1Cc1ccc(OC)cc1OC. The number of thiophene rings is 1. The molecule has 0 saturated carbocycles. The van der Waals surface area contributed by atoms with E-state index < -0.39 is 5.54 Å². The molecule has 0 bridgehead atoms. The maximum absolute atomic E-state index is 13.7. The van der Waals surface area contributed by atoms with Gasteiger partial charge in [0, 0.05) is 30.7 Å². The van der Waals surface area contributed by atoms with Crippen LogP contribution in [0.5, 0.6) is 11.5 Å². The van der Waals surface area contributed by atoms with Crippen molar-refractivity contribution in [1.82, 2.24) is 14.8 Å². The van der Waals surface area contributed by atoms with E-state index in [1.165, 1.54) is 0 Å². The summed E-state index contributed by atoms with van der Waals surface area (Å²) in [7, 11) is 4.75. The van der Waals surface area contributed by atoms with Gasteiger partial charge in [-0.25, -0.2) is 0 Å². The molecule has 1 N–H and O–H groups in total. The van der Waals surface area contributed by atoms with Gasteiger partial charge in [0.2, 0.25) is 5.91 Å². The number of aromatic nitrogens is 1. The van der Waals surface area contributed by atoms with Crippen LogP contribution in [0.15, 0.2) is 35.7 Å². The number of ether oxygens (including phenoxy) is 3. The standard InChI is InChI=1S/C23H27N3O5S/c1-23(22(28)24-8-9-29-2)14-25-18(11-15-7-10-32-21(15)25)20(27)26(23)13-16-5-6-17(30-3)12-19(16)31-4/h5-7,10-12H,8-9,13-14H2,1-4H3,(H,24,28)/t23-/m1/s1. The minimum absolute atomic E-state index is 0.193. The third-order valence-electron chi connectivity index (χ3n) is 5.93. The molecule has 0 unspecified atom stereocenters. The van der Waals surface area contributed by atoms with Crippen LogP contribution in [0.4, 0.5) is 0 Å². The van der Waals surface area contributed by atoms with Gasteiger partial charge < -0.3 is 29.0 Å². The normalized spacial score (nSPS) is 18.0. The molecule has 1 aliphatic rings. The third kappa shape index (κ3) is 3.71. The molecule has 4 rings (SSSR count). The Kier molecular flexibility index (Phi) is 6.12. The van der Waals surface area contributed by atoms with E-state index in [-0.39, 0.29) is 18.4 Å². The fraction of sp³-hybridized carbons (Fsp3) is 0.391. The zero-order valence-corrected chi connectivity index (χ0v) is 19.5. The molecule has 0 aliphatic carbocycles. The molecule has 170 valence electrons. The van der Waals surface area contributed by atoms with Crippen molar-refractivity contribution in [2.45, 2.75) is 25.6 Å². The third-order valence-corrected chi connectivity index (χ3v) is 6.88. The summed E-state index contributed by atoms with van der Waals surface area (Å²) >= 11 is 1.57. The lowest BCUT2D eigenvalue weighted by Gasteiger charge is -2.44. The van der Waals surface area contributed by atoms with Crippen molar-refractivity contribution in [2.24, 2.45) is 0 Å². The summed E-state index contributed by atoms with van der Waals surface area (Å²) in [6.07, 6.45) is 0. The second kappa shape index (κ2) is 8.84. The van der Waals surface area contributed by atoms with Crippen LogP contribution in [0.3, 0.4) is 0 Å². The average molecular weight is 458 g/mol. The van der Waals surface area contributed by atoms with Crippen molar-refractivity contribution in [3.8, 4) is 11.5 Å². The second-order valence-corrected chi connectivity index (χ2v) is 8.78. The van der Waals surface area contributed by atoms with Gasteiger partial charge in [0.15, 0.2) is 0 Å². The lowest BCUT2D eigenvalue weighted by Crippen LogP contribution is -2.63. The summed E-state index contributed by atoms with van der Waals surface area (Å²) < 4.78 is 17.9. The van der Waals surface area contributed by atoms with E-state index in [1.807, 2.05) is 41.1 Å². The minimum Gasteiger partial charge on any atom is -0.497 e. The zero-order chi connectivity index (χ0) is 22.9. The highest BCUT2D eigenvalue weighted by molar-refractivity contribution is 7.16. The molecule has 2 aromatic heterocycles. The Morgan fingerprint density at radius 3 is 2.72 bits per heavy atom. The van der Waals surface area contributed by atoms with Gasteiger partial charge in [-0.3, -0.25) is 9.59 Å². The Hall–Kier alpha value is -3.04. The lowest BCUT2D eigenvalue weighted by molar-refractivity contribution is -0.133. The molecule has 2 amide bonds. The first-order valence-electron chi connectivity index (χ1n) is 10.3. The van der Waals surface area contributed by atoms with Gasteiger partial charge in [0.05, 0.1) is 33.9 Å². The van der Waals surface area contributed by atoms with Gasteiger partial charge in [-0.05, 0) is 36.6 Å². The van der Waals surface area contributed by atoms with Crippen LogP contribution in [0.2, 0.25) is 0 Å². The predicted octanol–water partition coefficient (Wildman–Crippen LogP) is 2.90. The van der Waals surface area contributed by atoms with Gasteiger partial charge in [-0.15, -0.1) is 11.3 Å². The van der Waals surface area contributed by atoms with Crippen LogP contribution in [0.25, 0.3) is 10.2 Å². The molecule has 3 heterocycles. The van der Waals surface area contributed by atoms with Crippen molar-refractivity contribution in [2.75, 3.05) is 34.5 Å². The van der Waals surface area contributed by atoms with E-state index in [0.717, 1.165) is 15.8 Å². The van der Waals surface area contributed by atoms with Crippen LogP contribution in [0, 0.1) is 0 Å². The number of nitrogens with one attached hydrogen (secondary N) is 1. The molecule has 0 saturated heterocycles. The summed E-state index contributed by atoms with van der Waals surface area (Å²) in [5, 5.41) is 5.92. The first-order valence-corrected chi connectivity index (χ1v) is 11.2. The summed E-state index contributed by atoms with van der Waals surface area (Å²) in [6, 6.07) is 9.35. The van der Waals surface area contributed by atoms with Gasteiger partial charge in [0.1, 0.15) is 27.6 Å². The van der Waals surface area contributed by atoms with E-state index in [1.54, 1.807) is 43.6 Å². The summed E-state index contributed by atoms with van der Waals surface area (Å²) in [4.78, 5) is 29.7. The van der Waals surface area contributed by atoms with Crippen molar-refractivity contribution >= 4 is 33.4 Å². The lowest BCUT2D eigenvalue weighted by atomic mass is 9.93. The molecular formula is C23H27N3O5S. The Morgan fingerprint density at radius 1 is 1.19 bits per heavy atom. The van der Waals surface area contributed by atoms with E-state index in [9.17, 15) is 9.59 Å². The highest BCUT2D eigenvalue weighted by Gasteiger charge is 2.48. The smallest absolute Gasteiger partial charge is 0.271 e. The minimum atomic E-state index is -1.10. The predicted molar refractivity (Wildman–Crippen MR) is 123 cm³/mol. The van der Waals surface area contributed by atoms with E-state index in [0.29, 0.717) is 36.9 Å². The highest BCUT2D eigenvalue weighted by Crippen LogP contribution is 2.36. The number of benzene rings is 1. The average Bonchev–Trinajstić information content (AvgIpc) is 3.39. The number of rotatable bonds is 8. The Labute approximate surface area is 190 Å². The van der Waals surface area contributed by atoms with Crippen LogP contribution in [-0.4, -0.2) is 61.3 Å². The van der Waals surface area contributed by atoms with Crippen molar-refractivity contribution in [1.29, 1.82) is 0 Å². The first kappa shape index (κ1) is 22.2. The monoisotopic (exact) mass is 457 g/mol. The number of carbonyl (C=O) groups excluding carboxylic acids is 2. The van der Waals surface area contributed by atoms with Gasteiger partial charge in [-0.1, -0.05) is 0 Å². The zero-order valence-electron chi connectivity index (χ0n) is 18.6. The molecule has 9 heteroatoms. The number of methoxy groups -OCH3 is 3. The van der Waals surface area contributed by atoms with E-state index >= 15 is 0 Å². The van der Waals surface area contributed by atoms with Crippen molar-refractivity contribution in [3.63, 3.8) is 0 Å². The number of amides is 2. The first-order chi connectivity index (χ1) is 15.4. The number of fused-ring (bicyclic) bond motifs is 3. The van der Waals surface area contributed by atoms with Crippen molar-refractivity contribution in [3.05, 3.63) is 47.0 Å². The number of nitrogens with zero attached hydrogens (tertiary/aromatic N) is 2. The summed E-state index contributed by atoms with van der Waals surface area (Å²) in [5.74, 6) is 0.840. The summed E-state index contributed by atoms with van der Waals surface area (Å²) in [6.45, 7) is 3.15. The maximum Gasteiger partial charge on any atom is 0.271 e. The van der Waals surface area contributed by atoms with Crippen LogP contribution in [0.1, 0.15) is 23.0 Å². The summed E-state index contributed by atoms with van der Waals surface area (Å²) in [5.41, 5.74) is 0.277. The number of hydrogen-bond acceptors (Lipinski definition) is 6. The second-order valence-electron chi connectivity index (χ2n) is 7.89. The largest absolute Gasteiger partial charge is 0.497 e. The molecule has 0 fully saturated rings. The van der Waals surface area contributed by atoms with Gasteiger partial charge >= 0.3 is 0 Å². The fourth-order valence-corrected chi connectivity index (χ4v) is 5.01. The Bertz CT molecular complexity index is 1150. The quantitative estimate of drug-likeness (QED) is 0.526. The molecule has 1 atom stereocenters. The molecule has 8 nitrogen and oxygen atoms in total. The van der Waals surface area contributed by atoms with Gasteiger partial charge in [0.25, 0.3) is 5.91 Å². The molecule has 1 aliphatic heterocycles. The highest BCUT2D eigenvalue weighted by atomic mass is 32.1. The van der Waals surface area contributed by atoms with E-state index in [4.69, 9.17) is 14.2 Å². The molecule has 0 spiro atoms. The Morgan fingerprint density at radius 2 is 2.00 bits per heavy atom. The van der Waals surface area contributed by atoms with E-state index in [2.05, 4.69) is 5.32 Å². The number of hydrogen-bond donors (Lipinski definition) is 1. The fourth-order valence-electron chi connectivity index (χ4n) is 4.12. The van der Waals surface area contributed by atoms with Crippen molar-refractivity contribution < 1.29 is 23.8 Å². The number of carbonyl (C=O) groups is 2. The molecular weight excluding hydrogens is 430 g/mol. The van der Waals surface area contributed by atoms with Crippen LogP contribution < -0.4 is 14.8 Å². The molecule has 0 radical (unpaired) electrons. The molecule has 3 aromatic rings. The molecule has 32 heavy (non-hydrogen) atoms. The van der Waals surface area contributed by atoms with Crippen LogP contribution >= 0.6 is 11.3 Å². The van der Waals surface area contributed by atoms with Gasteiger partial charge in [-0.2, -0.15) is 0 Å². The topological polar surface area (TPSA) is 82.0 Å².